The van der Waals surface area contributed by atoms with Crippen LogP contribution in [0.1, 0.15) is 53.9 Å². The molecule has 2 aliphatic rings. The van der Waals surface area contributed by atoms with Crippen molar-refractivity contribution >= 4 is 11.6 Å². The Balaban J connectivity index is 1.12. The number of piperidine rings is 1. The summed E-state index contributed by atoms with van der Waals surface area (Å²) in [5.74, 6) is -1.73. The van der Waals surface area contributed by atoms with Gasteiger partial charge in [-0.3, -0.25) is 10.00 Å². The number of H-pyrrole nitrogens is 1. The maximum Gasteiger partial charge on any atom is 0.451 e. The summed E-state index contributed by atoms with van der Waals surface area (Å²) in [6.45, 7) is 5.66. The highest BCUT2D eigenvalue weighted by molar-refractivity contribution is 6.30. The van der Waals surface area contributed by atoms with E-state index in [4.69, 9.17) is 21.1 Å². The van der Waals surface area contributed by atoms with Gasteiger partial charge in [0.25, 0.3) is 5.79 Å². The van der Waals surface area contributed by atoms with E-state index in [2.05, 4.69) is 25.2 Å². The fourth-order valence-corrected chi connectivity index (χ4v) is 5.49. The highest BCUT2D eigenvalue weighted by atomic mass is 35.5. The van der Waals surface area contributed by atoms with Crippen LogP contribution in [-0.4, -0.2) is 43.4 Å². The van der Waals surface area contributed by atoms with Gasteiger partial charge in [0.1, 0.15) is 11.5 Å². The lowest BCUT2D eigenvalue weighted by Crippen LogP contribution is -2.34. The number of nitrogens with one attached hydrogen (secondary N) is 1. The van der Waals surface area contributed by atoms with Crippen molar-refractivity contribution in [3.63, 3.8) is 0 Å². The van der Waals surface area contributed by atoms with Crippen LogP contribution in [0, 0.1) is 12.7 Å². The van der Waals surface area contributed by atoms with Gasteiger partial charge in [-0.25, -0.2) is 9.37 Å². The molecule has 13 heteroatoms. The van der Waals surface area contributed by atoms with E-state index in [1.54, 1.807) is 25.1 Å². The van der Waals surface area contributed by atoms with E-state index >= 15 is 0 Å². The lowest BCUT2D eigenvalue weighted by Gasteiger charge is -2.32. The number of rotatable bonds is 5. The topological polar surface area (TPSA) is 89.0 Å². The molecular weight excluding hydrogens is 564 g/mol. The standard InChI is InChI=1S/C28H25ClF4N6O2/c1-15-12-21(25-34-26(38-37-25)28(31,32)33)35-36-22(15)14-39-10-8-16(9-11-39)18-4-3-5-23-24(18)41-27(2,40-23)19-7-6-17(29)13-20(19)30/h3-7,12-13,16H,8-11,14H2,1-2H3,(H,34,37,38)/t27-/m1/s1. The fraction of sp³-hybridized carbons (Fsp3) is 0.357. The number of ether oxygens (including phenoxy) is 2. The van der Waals surface area contributed by atoms with Gasteiger partial charge >= 0.3 is 6.18 Å². The van der Waals surface area contributed by atoms with Crippen molar-refractivity contribution in [1.82, 2.24) is 30.3 Å². The first kappa shape index (κ1) is 27.4. The molecule has 0 radical (unpaired) electrons. The van der Waals surface area contributed by atoms with Gasteiger partial charge in [0.2, 0.25) is 11.6 Å². The Kier molecular flexibility index (Phi) is 6.85. The first-order valence-corrected chi connectivity index (χ1v) is 13.4. The predicted octanol–water partition coefficient (Wildman–Crippen LogP) is 6.41. The molecular formula is C28H25ClF4N6O2. The Morgan fingerprint density at radius 3 is 2.56 bits per heavy atom. The summed E-state index contributed by atoms with van der Waals surface area (Å²) in [4.78, 5) is 5.75. The summed E-state index contributed by atoms with van der Waals surface area (Å²) < 4.78 is 65.6. The molecule has 1 N–H and O–H groups in total. The van der Waals surface area contributed by atoms with E-state index in [0.29, 0.717) is 23.1 Å². The van der Waals surface area contributed by atoms with Gasteiger partial charge in [-0.05, 0) is 74.7 Å². The molecule has 2 aromatic heterocycles. The lowest BCUT2D eigenvalue weighted by atomic mass is 9.88. The number of para-hydroxylation sites is 1. The first-order chi connectivity index (χ1) is 19.5. The second-order valence-electron chi connectivity index (χ2n) is 10.4. The Bertz CT molecular complexity index is 1600. The van der Waals surface area contributed by atoms with E-state index in [0.717, 1.165) is 42.8 Å². The molecule has 1 fully saturated rings. The Labute approximate surface area is 237 Å². The molecule has 1 saturated heterocycles. The molecule has 0 saturated carbocycles. The molecule has 0 bridgehead atoms. The number of nitrogens with zero attached hydrogens (tertiary/aromatic N) is 5. The van der Waals surface area contributed by atoms with Gasteiger partial charge in [-0.15, -0.1) is 5.10 Å². The zero-order chi connectivity index (χ0) is 28.9. The lowest BCUT2D eigenvalue weighted by molar-refractivity contribution is -0.144. The fourth-order valence-electron chi connectivity index (χ4n) is 5.33. The van der Waals surface area contributed by atoms with Crippen molar-refractivity contribution in [3.05, 3.63) is 81.5 Å². The second kappa shape index (κ2) is 10.3. The van der Waals surface area contributed by atoms with Crippen molar-refractivity contribution in [2.24, 2.45) is 0 Å². The molecule has 2 aromatic carbocycles. The molecule has 214 valence electrons. The minimum Gasteiger partial charge on any atom is -0.444 e. The van der Waals surface area contributed by atoms with E-state index in [9.17, 15) is 17.6 Å². The number of hydrogen-bond acceptors (Lipinski definition) is 7. The Hall–Kier alpha value is -3.77. The van der Waals surface area contributed by atoms with Crippen molar-refractivity contribution in [2.75, 3.05) is 13.1 Å². The monoisotopic (exact) mass is 588 g/mol. The number of benzene rings is 2. The van der Waals surface area contributed by atoms with Crippen molar-refractivity contribution in [2.45, 2.75) is 51.1 Å². The number of alkyl halides is 3. The third-order valence-corrected chi connectivity index (χ3v) is 7.74. The number of halogens is 5. The number of aromatic nitrogens is 5. The van der Waals surface area contributed by atoms with Crippen LogP contribution < -0.4 is 9.47 Å². The molecule has 4 aromatic rings. The normalized spacial score (nSPS) is 19.6. The number of aromatic amines is 1. The average molecular weight is 589 g/mol. The SMILES string of the molecule is Cc1cc(-c2n[nH]c(C(F)(F)F)n2)nnc1CN1CCC(c2cccc3c2O[C@](C)(c2ccc(Cl)cc2F)O3)CC1. The summed E-state index contributed by atoms with van der Waals surface area (Å²) >= 11 is 5.93. The number of fused-ring (bicyclic) bond motifs is 1. The van der Waals surface area contributed by atoms with Gasteiger partial charge < -0.3 is 9.47 Å². The molecule has 0 aliphatic carbocycles. The molecule has 0 unspecified atom stereocenters. The minimum atomic E-state index is -4.62. The third-order valence-electron chi connectivity index (χ3n) is 7.50. The van der Waals surface area contributed by atoms with Crippen LogP contribution in [0.5, 0.6) is 11.5 Å². The summed E-state index contributed by atoms with van der Waals surface area (Å²) in [6.07, 6.45) is -2.91. The second-order valence-corrected chi connectivity index (χ2v) is 10.8. The van der Waals surface area contributed by atoms with Gasteiger partial charge in [0.05, 0.1) is 11.3 Å². The van der Waals surface area contributed by atoms with Crippen LogP contribution >= 0.6 is 11.6 Å². The highest BCUT2D eigenvalue weighted by Crippen LogP contribution is 2.49. The van der Waals surface area contributed by atoms with Crippen molar-refractivity contribution in [3.8, 4) is 23.0 Å². The quantitative estimate of drug-likeness (QED) is 0.270. The van der Waals surface area contributed by atoms with Gasteiger partial charge in [0.15, 0.2) is 11.5 Å². The van der Waals surface area contributed by atoms with Crippen molar-refractivity contribution < 1.29 is 27.0 Å². The predicted molar refractivity (Wildman–Crippen MR) is 141 cm³/mol. The molecule has 0 spiro atoms. The largest absolute Gasteiger partial charge is 0.451 e. The van der Waals surface area contributed by atoms with Crippen LogP contribution in [0.2, 0.25) is 5.02 Å². The zero-order valence-electron chi connectivity index (χ0n) is 22.1. The molecule has 6 rings (SSSR count). The van der Waals surface area contributed by atoms with Crippen LogP contribution in [0.15, 0.2) is 42.5 Å². The van der Waals surface area contributed by atoms with Gasteiger partial charge in [-0.1, -0.05) is 23.7 Å². The molecule has 41 heavy (non-hydrogen) atoms. The van der Waals surface area contributed by atoms with Crippen LogP contribution in [0.25, 0.3) is 11.5 Å². The Morgan fingerprint density at radius 2 is 1.88 bits per heavy atom. The summed E-state index contributed by atoms with van der Waals surface area (Å²) in [7, 11) is 0. The molecule has 4 heterocycles. The highest BCUT2D eigenvalue weighted by Gasteiger charge is 2.43. The van der Waals surface area contributed by atoms with E-state index < -0.39 is 23.6 Å². The first-order valence-electron chi connectivity index (χ1n) is 13.0. The van der Waals surface area contributed by atoms with Crippen LogP contribution in [-0.2, 0) is 18.5 Å². The average Bonchev–Trinajstić information content (AvgIpc) is 3.55. The van der Waals surface area contributed by atoms with E-state index in [1.165, 1.54) is 6.07 Å². The Morgan fingerprint density at radius 1 is 1.10 bits per heavy atom. The van der Waals surface area contributed by atoms with Gasteiger partial charge in [0, 0.05) is 24.1 Å². The number of aryl methyl sites for hydroxylation is 1. The number of hydrogen-bond donors (Lipinski definition) is 1. The van der Waals surface area contributed by atoms with Crippen LogP contribution in [0.3, 0.4) is 0 Å². The van der Waals surface area contributed by atoms with E-state index in [1.807, 2.05) is 30.2 Å². The van der Waals surface area contributed by atoms with Gasteiger partial charge in [-0.2, -0.15) is 23.4 Å². The molecule has 8 nitrogen and oxygen atoms in total. The van der Waals surface area contributed by atoms with Crippen LogP contribution in [0.4, 0.5) is 17.6 Å². The zero-order valence-corrected chi connectivity index (χ0v) is 22.9. The summed E-state index contributed by atoms with van der Waals surface area (Å²) in [5.41, 5.74) is 2.98. The summed E-state index contributed by atoms with van der Waals surface area (Å²) in [6, 6.07) is 11.8. The molecule has 2 aliphatic heterocycles. The van der Waals surface area contributed by atoms with Crippen molar-refractivity contribution in [1.29, 1.82) is 0 Å². The van der Waals surface area contributed by atoms with E-state index in [-0.39, 0.29) is 23.0 Å². The maximum atomic E-state index is 14.7. The maximum absolute atomic E-state index is 14.7. The molecule has 1 atom stereocenters. The smallest absolute Gasteiger partial charge is 0.444 e. The number of likely N-dealkylation sites (tertiary alicyclic amines) is 1. The third kappa shape index (κ3) is 5.33. The minimum absolute atomic E-state index is 0.156. The summed E-state index contributed by atoms with van der Waals surface area (Å²) in [5, 5.41) is 14.1. The molecule has 0 amide bonds.